The van der Waals surface area contributed by atoms with Crippen LogP contribution < -0.4 is 4.74 Å². The summed E-state index contributed by atoms with van der Waals surface area (Å²) in [6, 6.07) is 11.1. The molecule has 0 aliphatic heterocycles. The van der Waals surface area contributed by atoms with Crippen molar-refractivity contribution in [2.45, 2.75) is 13.5 Å². The maximum atomic E-state index is 12.1. The number of halogens is 2. The second-order valence-electron chi connectivity index (χ2n) is 3.34. The molecule has 0 fully saturated rings. The highest BCUT2D eigenvalue weighted by Crippen LogP contribution is 2.26. The molecule has 0 amide bonds. The minimum Gasteiger partial charge on any atom is -0.435 e. The van der Waals surface area contributed by atoms with Gasteiger partial charge in [0, 0.05) is 0 Å². The fraction of sp³-hybridized carbons (Fsp3) is 0.167. The predicted molar refractivity (Wildman–Crippen MR) is 55.3 cm³/mol. The fourth-order valence-corrected chi connectivity index (χ4v) is 1.56. The maximum Gasteiger partial charge on any atom is 0.387 e. The van der Waals surface area contributed by atoms with Crippen molar-refractivity contribution in [2.24, 2.45) is 0 Å². The quantitative estimate of drug-likeness (QED) is 0.730. The number of rotatable bonds is 2. The minimum absolute atomic E-state index is 0.240. The van der Waals surface area contributed by atoms with Crippen LogP contribution in [0.2, 0.25) is 0 Å². The Labute approximate surface area is 86.3 Å². The largest absolute Gasteiger partial charge is 0.435 e. The van der Waals surface area contributed by atoms with Crippen molar-refractivity contribution in [3.8, 4) is 5.75 Å². The normalized spacial score (nSPS) is 10.9. The van der Waals surface area contributed by atoms with Crippen molar-refractivity contribution in [1.29, 1.82) is 0 Å². The van der Waals surface area contributed by atoms with Crippen LogP contribution in [0.5, 0.6) is 5.75 Å². The summed E-state index contributed by atoms with van der Waals surface area (Å²) in [5.41, 5.74) is 0.717. The molecule has 0 unspecified atom stereocenters. The third kappa shape index (κ3) is 2.06. The summed E-state index contributed by atoms with van der Waals surface area (Å²) in [7, 11) is 0. The topological polar surface area (TPSA) is 9.23 Å². The smallest absolute Gasteiger partial charge is 0.387 e. The number of hydrogen-bond donors (Lipinski definition) is 0. The van der Waals surface area contributed by atoms with Gasteiger partial charge < -0.3 is 4.74 Å². The molecule has 0 atom stereocenters. The van der Waals surface area contributed by atoms with Gasteiger partial charge in [0.05, 0.1) is 0 Å². The van der Waals surface area contributed by atoms with E-state index >= 15 is 0 Å². The molecule has 2 rings (SSSR count). The van der Waals surface area contributed by atoms with E-state index < -0.39 is 6.61 Å². The third-order valence-corrected chi connectivity index (χ3v) is 2.26. The zero-order valence-corrected chi connectivity index (χ0v) is 8.21. The van der Waals surface area contributed by atoms with E-state index in [1.54, 1.807) is 13.0 Å². The summed E-state index contributed by atoms with van der Waals surface area (Å²) in [6.45, 7) is -1.02. The molecule has 0 N–H and O–H groups in total. The van der Waals surface area contributed by atoms with Gasteiger partial charge in [0.1, 0.15) is 5.75 Å². The predicted octanol–water partition coefficient (Wildman–Crippen LogP) is 3.75. The monoisotopic (exact) mass is 208 g/mol. The molecule has 2 aromatic rings. The Balaban J connectivity index is 2.52. The van der Waals surface area contributed by atoms with E-state index in [2.05, 4.69) is 4.74 Å². The van der Waals surface area contributed by atoms with E-state index in [9.17, 15) is 8.78 Å². The molecule has 0 spiro atoms. The SMILES string of the molecule is Cc1cc2ccccc2cc1OC(F)F. The van der Waals surface area contributed by atoms with Crippen LogP contribution >= 0.6 is 0 Å². The second kappa shape index (κ2) is 3.85. The Morgan fingerprint density at radius 1 is 1.07 bits per heavy atom. The summed E-state index contributed by atoms with van der Waals surface area (Å²) < 4.78 is 28.6. The lowest BCUT2D eigenvalue weighted by atomic mass is 10.1. The van der Waals surface area contributed by atoms with Crippen LogP contribution in [0.4, 0.5) is 8.78 Å². The number of ether oxygens (including phenoxy) is 1. The van der Waals surface area contributed by atoms with E-state index in [0.29, 0.717) is 5.56 Å². The Morgan fingerprint density at radius 3 is 2.27 bits per heavy atom. The van der Waals surface area contributed by atoms with Crippen molar-refractivity contribution in [3.63, 3.8) is 0 Å². The highest BCUT2D eigenvalue weighted by molar-refractivity contribution is 5.84. The molecule has 0 heterocycles. The number of alkyl halides is 2. The van der Waals surface area contributed by atoms with Crippen molar-refractivity contribution in [2.75, 3.05) is 0 Å². The number of benzene rings is 2. The zero-order chi connectivity index (χ0) is 10.8. The van der Waals surface area contributed by atoms with E-state index in [0.717, 1.165) is 10.8 Å². The highest BCUT2D eigenvalue weighted by Gasteiger charge is 2.07. The number of aryl methyl sites for hydroxylation is 1. The first-order chi connectivity index (χ1) is 7.16. The molecule has 78 valence electrons. The molecule has 1 nitrogen and oxygen atoms in total. The van der Waals surface area contributed by atoms with E-state index in [1.165, 1.54) is 0 Å². The lowest BCUT2D eigenvalue weighted by molar-refractivity contribution is -0.0501. The minimum atomic E-state index is -2.77. The molecule has 0 saturated carbocycles. The Hall–Kier alpha value is -1.64. The lowest BCUT2D eigenvalue weighted by Crippen LogP contribution is -2.03. The lowest BCUT2D eigenvalue weighted by Gasteiger charge is -2.09. The summed E-state index contributed by atoms with van der Waals surface area (Å²) in [6.07, 6.45) is 0. The van der Waals surface area contributed by atoms with Gasteiger partial charge >= 0.3 is 6.61 Å². The molecule has 2 aromatic carbocycles. The maximum absolute atomic E-state index is 12.1. The van der Waals surface area contributed by atoms with E-state index in [-0.39, 0.29) is 5.75 Å². The average Bonchev–Trinajstić information content (AvgIpc) is 2.18. The molecule has 0 aromatic heterocycles. The van der Waals surface area contributed by atoms with Gasteiger partial charge in [-0.3, -0.25) is 0 Å². The van der Waals surface area contributed by atoms with Crippen LogP contribution in [0.3, 0.4) is 0 Å². The zero-order valence-electron chi connectivity index (χ0n) is 8.21. The molecular weight excluding hydrogens is 198 g/mol. The standard InChI is InChI=1S/C12H10F2O/c1-8-6-9-4-2-3-5-10(9)7-11(8)15-12(13)14/h2-7,12H,1H3. The van der Waals surface area contributed by atoms with Crippen LogP contribution in [0.25, 0.3) is 10.8 Å². The third-order valence-electron chi connectivity index (χ3n) is 2.26. The highest BCUT2D eigenvalue weighted by atomic mass is 19.3. The van der Waals surface area contributed by atoms with Gasteiger partial charge in [-0.2, -0.15) is 8.78 Å². The van der Waals surface area contributed by atoms with Gasteiger partial charge in [-0.1, -0.05) is 24.3 Å². The molecule has 0 aliphatic carbocycles. The molecule has 3 heteroatoms. The number of hydrogen-bond acceptors (Lipinski definition) is 1. The molecule has 0 saturated heterocycles. The van der Waals surface area contributed by atoms with Gasteiger partial charge in [0.2, 0.25) is 0 Å². The Kier molecular flexibility index (Phi) is 2.54. The van der Waals surface area contributed by atoms with Gasteiger partial charge in [0.25, 0.3) is 0 Å². The molecule has 0 radical (unpaired) electrons. The Morgan fingerprint density at radius 2 is 1.67 bits per heavy atom. The first kappa shape index (κ1) is 9.90. The van der Waals surface area contributed by atoms with Crippen LogP contribution in [0, 0.1) is 6.92 Å². The summed E-state index contributed by atoms with van der Waals surface area (Å²) >= 11 is 0. The molecule has 0 bridgehead atoms. The number of fused-ring (bicyclic) bond motifs is 1. The van der Waals surface area contributed by atoms with Crippen molar-refractivity contribution >= 4 is 10.8 Å². The van der Waals surface area contributed by atoms with E-state index in [4.69, 9.17) is 0 Å². The van der Waals surface area contributed by atoms with Gasteiger partial charge in [-0.15, -0.1) is 0 Å². The summed E-state index contributed by atoms with van der Waals surface area (Å²) in [4.78, 5) is 0. The first-order valence-electron chi connectivity index (χ1n) is 4.61. The average molecular weight is 208 g/mol. The van der Waals surface area contributed by atoms with Crippen LogP contribution in [0.1, 0.15) is 5.56 Å². The van der Waals surface area contributed by atoms with Crippen molar-refractivity contribution in [1.82, 2.24) is 0 Å². The molecular formula is C12H10F2O. The van der Waals surface area contributed by atoms with Crippen molar-refractivity contribution in [3.05, 3.63) is 42.0 Å². The van der Waals surface area contributed by atoms with Gasteiger partial charge in [0.15, 0.2) is 0 Å². The molecule has 0 aliphatic rings. The van der Waals surface area contributed by atoms with Crippen LogP contribution in [-0.2, 0) is 0 Å². The van der Waals surface area contributed by atoms with Crippen LogP contribution in [-0.4, -0.2) is 6.61 Å². The van der Waals surface area contributed by atoms with Gasteiger partial charge in [-0.25, -0.2) is 0 Å². The van der Waals surface area contributed by atoms with Gasteiger partial charge in [-0.05, 0) is 35.4 Å². The first-order valence-corrected chi connectivity index (χ1v) is 4.61. The second-order valence-corrected chi connectivity index (χ2v) is 3.34. The Bertz CT molecular complexity index is 480. The molecule has 15 heavy (non-hydrogen) atoms. The van der Waals surface area contributed by atoms with Crippen molar-refractivity contribution < 1.29 is 13.5 Å². The van der Waals surface area contributed by atoms with Crippen LogP contribution in [0.15, 0.2) is 36.4 Å². The fourth-order valence-electron chi connectivity index (χ4n) is 1.56. The summed E-state index contributed by atoms with van der Waals surface area (Å²) in [5, 5.41) is 1.93. The van der Waals surface area contributed by atoms with E-state index in [1.807, 2.05) is 30.3 Å². The summed E-state index contributed by atoms with van der Waals surface area (Å²) in [5.74, 6) is 0.240.